The lowest BCUT2D eigenvalue weighted by atomic mass is 9.77. The lowest BCUT2D eigenvalue weighted by Crippen LogP contribution is -2.50. The van der Waals surface area contributed by atoms with Crippen LogP contribution in [-0.2, 0) is 4.74 Å². The van der Waals surface area contributed by atoms with Crippen molar-refractivity contribution in [3.8, 4) is 0 Å². The van der Waals surface area contributed by atoms with Gasteiger partial charge in [0.05, 0.1) is 23.9 Å². The standard InChI is InChI=1S/C22H27N5O2/c28-22(16-2-1-5-23-10-16)26-19-8-17-12-27(21-11-24-6-7-25-21)13-18(17)9-20(19)29-14-15-3-4-15/h1-2,5-7,10-11,15,17-20H,3-4,8-9,12-14H2,(H,26,28)/t17-,18+,19-,20-/m0/s1. The van der Waals surface area contributed by atoms with Crippen LogP contribution >= 0.6 is 0 Å². The summed E-state index contributed by atoms with van der Waals surface area (Å²) in [4.78, 5) is 27.8. The van der Waals surface area contributed by atoms with E-state index in [1.807, 2.05) is 6.20 Å². The highest BCUT2D eigenvalue weighted by atomic mass is 16.5. The van der Waals surface area contributed by atoms with Crippen molar-refractivity contribution in [3.05, 3.63) is 48.7 Å². The summed E-state index contributed by atoms with van der Waals surface area (Å²) in [6.45, 7) is 2.75. The van der Waals surface area contributed by atoms with Gasteiger partial charge in [-0.05, 0) is 55.6 Å². The average molecular weight is 393 g/mol. The highest BCUT2D eigenvalue weighted by Gasteiger charge is 2.44. The molecule has 29 heavy (non-hydrogen) atoms. The average Bonchev–Trinajstić information content (AvgIpc) is 3.51. The maximum absolute atomic E-state index is 12.8. The van der Waals surface area contributed by atoms with Crippen LogP contribution in [0.15, 0.2) is 43.1 Å². The van der Waals surface area contributed by atoms with Crippen molar-refractivity contribution in [3.63, 3.8) is 0 Å². The largest absolute Gasteiger partial charge is 0.376 e. The number of pyridine rings is 1. The molecule has 0 aromatic carbocycles. The molecule has 0 spiro atoms. The summed E-state index contributed by atoms with van der Waals surface area (Å²) >= 11 is 0. The summed E-state index contributed by atoms with van der Waals surface area (Å²) in [6, 6.07) is 3.63. The van der Waals surface area contributed by atoms with Gasteiger partial charge in [-0.3, -0.25) is 14.8 Å². The molecule has 7 nitrogen and oxygen atoms in total. The Bertz CT molecular complexity index is 830. The van der Waals surface area contributed by atoms with Gasteiger partial charge in [0.1, 0.15) is 5.82 Å². The topological polar surface area (TPSA) is 80.2 Å². The number of rotatable bonds is 6. The van der Waals surface area contributed by atoms with Gasteiger partial charge in [0.15, 0.2) is 0 Å². The SMILES string of the molecule is O=C(N[C@H]1C[C@H]2CN(c3cnccn3)C[C@H]2C[C@@H]1OCC1CC1)c1cccnc1. The van der Waals surface area contributed by atoms with Crippen molar-refractivity contribution in [1.82, 2.24) is 20.3 Å². The molecule has 5 rings (SSSR count). The Morgan fingerprint density at radius 1 is 1.10 bits per heavy atom. The maximum atomic E-state index is 12.8. The van der Waals surface area contributed by atoms with Crippen LogP contribution in [0, 0.1) is 17.8 Å². The smallest absolute Gasteiger partial charge is 0.253 e. The normalized spacial score (nSPS) is 28.8. The summed E-state index contributed by atoms with van der Waals surface area (Å²) in [5.41, 5.74) is 0.600. The first-order valence-electron chi connectivity index (χ1n) is 10.6. The van der Waals surface area contributed by atoms with E-state index in [9.17, 15) is 4.79 Å². The second kappa shape index (κ2) is 8.06. The number of nitrogens with zero attached hydrogens (tertiary/aromatic N) is 4. The van der Waals surface area contributed by atoms with Gasteiger partial charge in [0.25, 0.3) is 5.91 Å². The monoisotopic (exact) mass is 393 g/mol. The summed E-state index contributed by atoms with van der Waals surface area (Å²) in [6.07, 6.45) is 13.1. The fourth-order valence-corrected chi connectivity index (χ4v) is 4.68. The number of fused-ring (bicyclic) bond motifs is 1. The molecule has 0 unspecified atom stereocenters. The summed E-state index contributed by atoms with van der Waals surface area (Å²) in [5.74, 6) is 2.67. The Morgan fingerprint density at radius 3 is 2.66 bits per heavy atom. The summed E-state index contributed by atoms with van der Waals surface area (Å²) < 4.78 is 6.33. The van der Waals surface area contributed by atoms with E-state index in [2.05, 4.69) is 25.2 Å². The Morgan fingerprint density at radius 2 is 1.93 bits per heavy atom. The van der Waals surface area contributed by atoms with Crippen LogP contribution in [0.4, 0.5) is 5.82 Å². The van der Waals surface area contributed by atoms with Gasteiger partial charge in [0, 0.05) is 44.5 Å². The van der Waals surface area contributed by atoms with Gasteiger partial charge >= 0.3 is 0 Å². The van der Waals surface area contributed by atoms with E-state index >= 15 is 0 Å². The molecule has 1 amide bonds. The number of carbonyl (C=O) groups is 1. The summed E-state index contributed by atoms with van der Waals surface area (Å²) in [5, 5.41) is 3.25. The van der Waals surface area contributed by atoms with Gasteiger partial charge < -0.3 is 15.0 Å². The van der Waals surface area contributed by atoms with E-state index in [1.54, 1.807) is 36.9 Å². The van der Waals surface area contributed by atoms with Crippen LogP contribution in [0.25, 0.3) is 0 Å². The minimum absolute atomic E-state index is 0.0320. The zero-order chi connectivity index (χ0) is 19.6. The second-order valence-electron chi connectivity index (χ2n) is 8.60. The molecule has 152 valence electrons. The fourth-order valence-electron chi connectivity index (χ4n) is 4.68. The van der Waals surface area contributed by atoms with Gasteiger partial charge in [-0.1, -0.05) is 0 Å². The molecule has 2 aromatic heterocycles. The van der Waals surface area contributed by atoms with Crippen LogP contribution in [-0.4, -0.2) is 52.7 Å². The number of anilines is 1. The lowest BCUT2D eigenvalue weighted by molar-refractivity contribution is -0.0211. The third-order valence-electron chi connectivity index (χ3n) is 6.47. The number of carbonyl (C=O) groups excluding carboxylic acids is 1. The van der Waals surface area contributed by atoms with Crippen LogP contribution in [0.2, 0.25) is 0 Å². The van der Waals surface area contributed by atoms with E-state index in [4.69, 9.17) is 4.74 Å². The Hall–Kier alpha value is -2.54. The Kier molecular flexibility index (Phi) is 5.14. The lowest BCUT2D eigenvalue weighted by Gasteiger charge is -2.38. The van der Waals surface area contributed by atoms with Crippen molar-refractivity contribution < 1.29 is 9.53 Å². The number of amides is 1. The van der Waals surface area contributed by atoms with E-state index < -0.39 is 0 Å². The van der Waals surface area contributed by atoms with Crippen molar-refractivity contribution in [1.29, 1.82) is 0 Å². The van der Waals surface area contributed by atoms with Gasteiger partial charge in [0.2, 0.25) is 0 Å². The predicted octanol–water partition coefficient (Wildman–Crippen LogP) is 2.31. The number of hydrogen-bond acceptors (Lipinski definition) is 6. The minimum atomic E-state index is -0.0645. The van der Waals surface area contributed by atoms with E-state index in [0.717, 1.165) is 38.4 Å². The van der Waals surface area contributed by atoms with Crippen molar-refractivity contribution in [2.75, 3.05) is 24.6 Å². The van der Waals surface area contributed by atoms with E-state index in [0.29, 0.717) is 23.3 Å². The van der Waals surface area contributed by atoms with Crippen molar-refractivity contribution in [2.24, 2.45) is 17.8 Å². The molecule has 7 heteroatoms. The molecule has 2 aromatic rings. The Balaban J connectivity index is 1.29. The first kappa shape index (κ1) is 18.5. The third kappa shape index (κ3) is 4.24. The molecule has 4 atom stereocenters. The second-order valence-corrected chi connectivity index (χ2v) is 8.60. The molecule has 1 saturated heterocycles. The molecule has 1 N–H and O–H groups in total. The number of aromatic nitrogens is 3. The van der Waals surface area contributed by atoms with Gasteiger partial charge in [-0.25, -0.2) is 4.98 Å². The van der Waals surface area contributed by atoms with Gasteiger partial charge in [-0.2, -0.15) is 0 Å². The molecule has 3 heterocycles. The zero-order valence-electron chi connectivity index (χ0n) is 16.5. The molecule has 0 radical (unpaired) electrons. The molecular formula is C22H27N5O2. The molecule has 2 saturated carbocycles. The van der Waals surface area contributed by atoms with E-state index in [-0.39, 0.29) is 18.1 Å². The molecule has 1 aliphatic heterocycles. The van der Waals surface area contributed by atoms with Crippen LogP contribution in [0.1, 0.15) is 36.0 Å². The molecule has 2 aliphatic carbocycles. The third-order valence-corrected chi connectivity index (χ3v) is 6.47. The van der Waals surface area contributed by atoms with Crippen LogP contribution in [0.3, 0.4) is 0 Å². The molecule has 0 bridgehead atoms. The first-order chi connectivity index (χ1) is 14.3. The van der Waals surface area contributed by atoms with Crippen molar-refractivity contribution in [2.45, 2.75) is 37.8 Å². The highest BCUT2D eigenvalue weighted by Crippen LogP contribution is 2.40. The Labute approximate surface area is 170 Å². The van der Waals surface area contributed by atoms with Crippen LogP contribution in [0.5, 0.6) is 0 Å². The fraction of sp³-hybridized carbons (Fsp3) is 0.545. The minimum Gasteiger partial charge on any atom is -0.376 e. The zero-order valence-corrected chi connectivity index (χ0v) is 16.5. The maximum Gasteiger partial charge on any atom is 0.253 e. The summed E-state index contributed by atoms with van der Waals surface area (Å²) in [7, 11) is 0. The number of nitrogens with one attached hydrogen (secondary N) is 1. The quantitative estimate of drug-likeness (QED) is 0.811. The molecular weight excluding hydrogens is 366 g/mol. The van der Waals surface area contributed by atoms with Gasteiger partial charge in [-0.15, -0.1) is 0 Å². The molecule has 3 aliphatic rings. The van der Waals surface area contributed by atoms with E-state index in [1.165, 1.54) is 12.8 Å². The highest BCUT2D eigenvalue weighted by molar-refractivity contribution is 5.94. The van der Waals surface area contributed by atoms with Crippen LogP contribution < -0.4 is 10.2 Å². The first-order valence-corrected chi connectivity index (χ1v) is 10.6. The molecule has 3 fully saturated rings. The number of ether oxygens (including phenoxy) is 1. The number of hydrogen-bond donors (Lipinski definition) is 1. The van der Waals surface area contributed by atoms with Crippen molar-refractivity contribution >= 4 is 11.7 Å². The predicted molar refractivity (Wildman–Crippen MR) is 108 cm³/mol.